The first-order chi connectivity index (χ1) is 11.1. The number of carbonyl (C=O) groups excluding carboxylic acids is 1. The van der Waals surface area contributed by atoms with E-state index in [2.05, 4.69) is 42.9 Å². The van der Waals surface area contributed by atoms with Gasteiger partial charge in [0, 0.05) is 44.6 Å². The van der Waals surface area contributed by atoms with Crippen LogP contribution in [-0.4, -0.2) is 60.9 Å². The molecule has 2 heterocycles. The minimum absolute atomic E-state index is 0. The standard InChI is InChI=1S/C18H30N4O2.HI/c1-17(2)13-22(18(17,3)4)16(20-12-15(23)21(5)6)19-10-9-14-8-7-11-24-14;/h7-8,11H,9-10,12-13H2,1-6H3,(H,19,20);1H. The lowest BCUT2D eigenvalue weighted by atomic mass is 9.65. The van der Waals surface area contributed by atoms with Crippen molar-refractivity contribution >= 4 is 35.8 Å². The highest BCUT2D eigenvalue weighted by atomic mass is 127. The van der Waals surface area contributed by atoms with Crippen molar-refractivity contribution in [1.29, 1.82) is 0 Å². The molecule has 1 aliphatic heterocycles. The number of aliphatic imine (C=N–C) groups is 1. The van der Waals surface area contributed by atoms with Crippen LogP contribution in [0.1, 0.15) is 33.5 Å². The molecule has 0 aliphatic carbocycles. The molecule has 1 N–H and O–H groups in total. The summed E-state index contributed by atoms with van der Waals surface area (Å²) in [6.45, 7) is 10.7. The van der Waals surface area contributed by atoms with Gasteiger partial charge in [0.05, 0.1) is 6.26 Å². The Kier molecular flexibility index (Phi) is 7.34. The maximum atomic E-state index is 11.9. The molecule has 0 spiro atoms. The average molecular weight is 462 g/mol. The molecular formula is C18H31IN4O2. The topological polar surface area (TPSA) is 61.1 Å². The van der Waals surface area contributed by atoms with Crippen LogP contribution in [0.15, 0.2) is 27.8 Å². The van der Waals surface area contributed by atoms with E-state index in [-0.39, 0.29) is 47.4 Å². The Morgan fingerprint density at radius 2 is 2.04 bits per heavy atom. The van der Waals surface area contributed by atoms with Crippen LogP contribution in [0.2, 0.25) is 0 Å². The summed E-state index contributed by atoms with van der Waals surface area (Å²) in [6.07, 6.45) is 2.46. The molecule has 25 heavy (non-hydrogen) atoms. The molecule has 1 aromatic rings. The number of hydrogen-bond donors (Lipinski definition) is 1. The molecule has 2 rings (SSSR count). The molecule has 0 bridgehead atoms. The Hall–Kier alpha value is -1.25. The molecule has 0 saturated carbocycles. The van der Waals surface area contributed by atoms with Gasteiger partial charge in [-0.2, -0.15) is 0 Å². The van der Waals surface area contributed by atoms with Gasteiger partial charge in [-0.3, -0.25) is 4.79 Å². The van der Waals surface area contributed by atoms with Gasteiger partial charge < -0.3 is 19.5 Å². The number of nitrogens with zero attached hydrogens (tertiary/aromatic N) is 3. The molecule has 1 aromatic heterocycles. The Labute approximate surface area is 168 Å². The first-order valence-electron chi connectivity index (χ1n) is 8.43. The highest BCUT2D eigenvalue weighted by Gasteiger charge is 2.53. The second kappa shape index (κ2) is 8.42. The third-order valence-corrected chi connectivity index (χ3v) is 5.24. The highest BCUT2D eigenvalue weighted by molar-refractivity contribution is 14.0. The molecule has 1 aliphatic rings. The predicted molar refractivity (Wildman–Crippen MR) is 111 cm³/mol. The number of nitrogens with one attached hydrogen (secondary N) is 1. The van der Waals surface area contributed by atoms with E-state index in [9.17, 15) is 4.79 Å². The number of likely N-dealkylation sites (tertiary alicyclic amines) is 1. The van der Waals surface area contributed by atoms with Gasteiger partial charge in [-0.05, 0) is 26.0 Å². The predicted octanol–water partition coefficient (Wildman–Crippen LogP) is 2.59. The van der Waals surface area contributed by atoms with Crippen LogP contribution >= 0.6 is 24.0 Å². The lowest BCUT2D eigenvalue weighted by Gasteiger charge is -2.62. The number of guanidine groups is 1. The largest absolute Gasteiger partial charge is 0.469 e. The molecule has 0 radical (unpaired) electrons. The summed E-state index contributed by atoms with van der Waals surface area (Å²) in [4.78, 5) is 20.3. The number of furan rings is 1. The van der Waals surface area contributed by atoms with Crippen LogP contribution in [0, 0.1) is 5.41 Å². The molecule has 1 fully saturated rings. The van der Waals surface area contributed by atoms with E-state index in [4.69, 9.17) is 4.42 Å². The highest BCUT2D eigenvalue weighted by Crippen LogP contribution is 2.46. The summed E-state index contributed by atoms with van der Waals surface area (Å²) in [6, 6.07) is 3.85. The van der Waals surface area contributed by atoms with Gasteiger partial charge in [-0.1, -0.05) is 13.8 Å². The molecule has 0 unspecified atom stereocenters. The fourth-order valence-corrected chi connectivity index (χ4v) is 2.67. The Morgan fingerprint density at radius 3 is 2.52 bits per heavy atom. The second-order valence-corrected chi connectivity index (χ2v) is 7.71. The lowest BCUT2D eigenvalue weighted by molar-refractivity contribution is -0.127. The van der Waals surface area contributed by atoms with Crippen molar-refractivity contribution in [3.05, 3.63) is 24.2 Å². The van der Waals surface area contributed by atoms with Gasteiger partial charge >= 0.3 is 0 Å². The third kappa shape index (κ3) is 4.89. The fourth-order valence-electron chi connectivity index (χ4n) is 2.67. The molecule has 7 heteroatoms. The summed E-state index contributed by atoms with van der Waals surface area (Å²) in [7, 11) is 3.50. The first kappa shape index (κ1) is 21.8. The van der Waals surface area contributed by atoms with Gasteiger partial charge in [0.2, 0.25) is 5.91 Å². The molecule has 1 saturated heterocycles. The summed E-state index contributed by atoms with van der Waals surface area (Å²) in [5.41, 5.74) is 0.201. The van der Waals surface area contributed by atoms with Crippen molar-refractivity contribution in [3.8, 4) is 0 Å². The zero-order valence-corrected chi connectivity index (χ0v) is 18.5. The van der Waals surface area contributed by atoms with Crippen molar-refractivity contribution in [1.82, 2.24) is 15.1 Å². The van der Waals surface area contributed by atoms with E-state index >= 15 is 0 Å². The van der Waals surface area contributed by atoms with Crippen molar-refractivity contribution < 1.29 is 9.21 Å². The minimum Gasteiger partial charge on any atom is -0.469 e. The fraction of sp³-hybridized carbons (Fsp3) is 0.667. The van der Waals surface area contributed by atoms with Crippen LogP contribution in [0.25, 0.3) is 0 Å². The van der Waals surface area contributed by atoms with Crippen LogP contribution in [0.3, 0.4) is 0 Å². The van der Waals surface area contributed by atoms with Crippen LogP contribution in [0.5, 0.6) is 0 Å². The molecular weight excluding hydrogens is 431 g/mol. The Balaban J connectivity index is 0.00000312. The van der Waals surface area contributed by atoms with E-state index < -0.39 is 0 Å². The van der Waals surface area contributed by atoms with Crippen molar-refractivity contribution in [2.75, 3.05) is 33.7 Å². The van der Waals surface area contributed by atoms with Gasteiger partial charge in [-0.15, -0.1) is 24.0 Å². The minimum atomic E-state index is -0.00925. The zero-order chi connectivity index (χ0) is 18.0. The first-order valence-corrected chi connectivity index (χ1v) is 8.43. The van der Waals surface area contributed by atoms with Gasteiger partial charge in [-0.25, -0.2) is 4.99 Å². The van der Waals surface area contributed by atoms with E-state index in [1.165, 1.54) is 0 Å². The molecule has 142 valence electrons. The van der Waals surface area contributed by atoms with Crippen molar-refractivity contribution in [2.24, 2.45) is 10.4 Å². The summed E-state index contributed by atoms with van der Waals surface area (Å²) in [5, 5.41) is 3.39. The zero-order valence-electron chi connectivity index (χ0n) is 16.1. The quantitative estimate of drug-likeness (QED) is 0.415. The molecule has 1 amide bonds. The Morgan fingerprint density at radius 1 is 1.36 bits per heavy atom. The molecule has 6 nitrogen and oxygen atoms in total. The number of carbonyl (C=O) groups is 1. The van der Waals surface area contributed by atoms with Crippen LogP contribution in [0.4, 0.5) is 0 Å². The number of rotatable bonds is 5. The van der Waals surface area contributed by atoms with Gasteiger partial charge in [0.15, 0.2) is 5.96 Å². The SMILES string of the molecule is CN(C)C(=O)CN=C(NCCc1ccco1)N1CC(C)(C)C1(C)C.I. The molecule has 0 atom stereocenters. The van der Waals surface area contributed by atoms with Crippen molar-refractivity contribution in [3.63, 3.8) is 0 Å². The van der Waals surface area contributed by atoms with Crippen LogP contribution in [-0.2, 0) is 11.2 Å². The second-order valence-electron chi connectivity index (χ2n) is 7.71. The van der Waals surface area contributed by atoms with Crippen molar-refractivity contribution in [2.45, 2.75) is 39.7 Å². The maximum absolute atomic E-state index is 11.9. The summed E-state index contributed by atoms with van der Waals surface area (Å²) < 4.78 is 5.37. The van der Waals surface area contributed by atoms with E-state index in [1.54, 1.807) is 25.3 Å². The number of likely N-dealkylation sites (N-methyl/N-ethyl adjacent to an activating group) is 1. The maximum Gasteiger partial charge on any atom is 0.243 e. The third-order valence-electron chi connectivity index (χ3n) is 5.24. The van der Waals surface area contributed by atoms with Crippen LogP contribution < -0.4 is 5.32 Å². The molecule has 0 aromatic carbocycles. The number of amides is 1. The number of hydrogen-bond acceptors (Lipinski definition) is 3. The van der Waals surface area contributed by atoms with E-state index in [1.807, 2.05) is 12.1 Å². The number of halogens is 1. The van der Waals surface area contributed by atoms with Gasteiger partial charge in [0.1, 0.15) is 12.3 Å². The monoisotopic (exact) mass is 462 g/mol. The van der Waals surface area contributed by atoms with Gasteiger partial charge in [0.25, 0.3) is 0 Å². The lowest BCUT2D eigenvalue weighted by Crippen LogP contribution is -2.72. The normalized spacial score (nSPS) is 18.2. The summed E-state index contributed by atoms with van der Waals surface area (Å²) >= 11 is 0. The average Bonchev–Trinajstić information content (AvgIpc) is 3.01. The Bertz CT molecular complexity index is 594. The smallest absolute Gasteiger partial charge is 0.243 e. The van der Waals surface area contributed by atoms with E-state index in [0.717, 1.165) is 31.2 Å². The van der Waals surface area contributed by atoms with E-state index in [0.29, 0.717) is 0 Å². The summed E-state index contributed by atoms with van der Waals surface area (Å²) in [5.74, 6) is 1.73.